The van der Waals surface area contributed by atoms with Crippen molar-refractivity contribution in [1.29, 1.82) is 0 Å². The summed E-state index contributed by atoms with van der Waals surface area (Å²) in [5, 5.41) is 7.87. The average molecular weight is 600 g/mol. The van der Waals surface area contributed by atoms with Crippen molar-refractivity contribution in [1.82, 2.24) is 0 Å². The molecule has 2 heteroatoms. The van der Waals surface area contributed by atoms with Crippen LogP contribution in [-0.4, -0.2) is 13.1 Å². The topological polar surface area (TPSA) is 19.9 Å². The highest BCUT2D eigenvalue weighted by Crippen LogP contribution is 2.50. The summed E-state index contributed by atoms with van der Waals surface area (Å²) in [5.74, 6) is 1.38. The molecule has 2 nitrogen and oxygen atoms in total. The maximum atomic E-state index is 2.58. The molecular weight excluding hydrogens is 544 g/mol. The number of anilines is 1. The number of nitrogens with zero attached hydrogens (tertiary/aromatic N) is 1. The van der Waals surface area contributed by atoms with Gasteiger partial charge in [-0.05, 0) is 87.9 Å². The molecule has 4 aromatic carbocycles. The maximum absolute atomic E-state index is 2.58. The van der Waals surface area contributed by atoms with E-state index in [0.29, 0.717) is 11.8 Å². The minimum Gasteiger partial charge on any atom is -0.344 e. The van der Waals surface area contributed by atoms with Gasteiger partial charge in [0.15, 0.2) is 0 Å². The van der Waals surface area contributed by atoms with Gasteiger partial charge in [-0.1, -0.05) is 134 Å². The molecule has 1 aliphatic heterocycles. The molecule has 0 atom stereocenters. The number of rotatable bonds is 12. The molecule has 0 unspecified atom stereocenters. The predicted molar refractivity (Wildman–Crippen MR) is 198 cm³/mol. The Labute approximate surface area is 272 Å². The lowest BCUT2D eigenvalue weighted by Gasteiger charge is -2.27. The largest absolute Gasteiger partial charge is 0.344 e. The van der Waals surface area contributed by atoms with Crippen molar-refractivity contribution in [3.63, 3.8) is 0 Å². The maximum Gasteiger partial charge on any atom is 0.133 e. The Kier molecular flexibility index (Phi) is 10.0. The Bertz CT molecular complexity index is 1710. The van der Waals surface area contributed by atoms with Crippen LogP contribution < -0.4 is 10.2 Å². The number of fused-ring (bicyclic) bond motifs is 4. The zero-order valence-corrected chi connectivity index (χ0v) is 29.0. The fourth-order valence-electron chi connectivity index (χ4n) is 7.20. The number of benzene rings is 4. The molecule has 236 valence electrons. The van der Waals surface area contributed by atoms with Gasteiger partial charge in [0, 0.05) is 28.9 Å². The van der Waals surface area contributed by atoms with Crippen molar-refractivity contribution >= 4 is 32.9 Å². The van der Waals surface area contributed by atoms with Crippen LogP contribution >= 0.6 is 0 Å². The van der Waals surface area contributed by atoms with Crippen LogP contribution in [0.15, 0.2) is 109 Å². The zero-order valence-electron chi connectivity index (χ0n) is 29.0. The number of hydrogen-bond acceptors (Lipinski definition) is 1. The first-order valence-corrected chi connectivity index (χ1v) is 17.2. The first kappa shape index (κ1) is 32.8. The molecule has 0 radical (unpaired) electrons. The van der Waals surface area contributed by atoms with Crippen LogP contribution in [0, 0.1) is 11.8 Å². The van der Waals surface area contributed by atoms with Crippen molar-refractivity contribution in [2.75, 3.05) is 18.0 Å². The van der Waals surface area contributed by atoms with E-state index in [1.165, 1.54) is 62.6 Å². The third-order valence-corrected chi connectivity index (χ3v) is 9.67. The number of quaternary nitrogens is 1. The van der Waals surface area contributed by atoms with Crippen LogP contribution in [0.2, 0.25) is 0 Å². The van der Waals surface area contributed by atoms with Crippen LogP contribution in [0.3, 0.4) is 0 Å². The second-order valence-electron chi connectivity index (χ2n) is 15.0. The second-order valence-corrected chi connectivity index (χ2v) is 15.0. The Balaban J connectivity index is 1.38. The molecule has 2 N–H and O–H groups in total. The summed E-state index contributed by atoms with van der Waals surface area (Å²) >= 11 is 0. The fraction of sp³-hybridized carbons (Fsp3) is 0.395. The lowest BCUT2D eigenvalue weighted by molar-refractivity contribution is -0.573. The van der Waals surface area contributed by atoms with E-state index < -0.39 is 0 Å². The minimum absolute atomic E-state index is 0.0110. The van der Waals surface area contributed by atoms with E-state index in [1.54, 1.807) is 0 Å². The van der Waals surface area contributed by atoms with Gasteiger partial charge in [-0.25, -0.2) is 0 Å². The van der Waals surface area contributed by atoms with Crippen molar-refractivity contribution in [3.05, 3.63) is 120 Å². The van der Waals surface area contributed by atoms with E-state index in [0.717, 1.165) is 19.5 Å². The van der Waals surface area contributed by atoms with Crippen LogP contribution in [0.1, 0.15) is 85.8 Å². The van der Waals surface area contributed by atoms with Crippen LogP contribution in [0.4, 0.5) is 11.4 Å². The van der Waals surface area contributed by atoms with Gasteiger partial charge < -0.3 is 10.2 Å². The van der Waals surface area contributed by atoms with Gasteiger partial charge in [-0.2, -0.15) is 0 Å². The van der Waals surface area contributed by atoms with Crippen molar-refractivity contribution in [2.24, 2.45) is 11.8 Å². The first-order valence-electron chi connectivity index (χ1n) is 17.2. The summed E-state index contributed by atoms with van der Waals surface area (Å²) in [5.41, 5.74) is 7.02. The van der Waals surface area contributed by atoms with E-state index in [-0.39, 0.29) is 10.8 Å². The number of allylic oxidation sites excluding steroid dienone is 6. The van der Waals surface area contributed by atoms with E-state index in [2.05, 4.69) is 169 Å². The normalized spacial score (nSPS) is 16.0. The molecular formula is C43H55N2+. The quantitative estimate of drug-likeness (QED) is 0.127. The summed E-state index contributed by atoms with van der Waals surface area (Å²) in [6, 6.07) is 27.0. The van der Waals surface area contributed by atoms with E-state index in [1.807, 2.05) is 0 Å². The molecule has 0 aliphatic carbocycles. The molecule has 4 aromatic rings. The molecule has 0 saturated heterocycles. The monoisotopic (exact) mass is 599 g/mol. The SMILES string of the molecule is CC(C)CC[NH2+]c1ccc2ccccc2c1C(C)(C)C/C=C/C=C/C=C1/N(CCC(C)C)c2ccc3ccccc3c2C1(C)C. The Hall–Kier alpha value is -3.62. The number of hydrogen-bond donors (Lipinski definition) is 1. The van der Waals surface area contributed by atoms with Crippen LogP contribution in [0.25, 0.3) is 21.5 Å². The highest BCUT2D eigenvalue weighted by molar-refractivity contribution is 5.95. The summed E-state index contributed by atoms with van der Waals surface area (Å²) in [6.07, 6.45) is 14.8. The Morgan fingerprint density at radius 2 is 1.40 bits per heavy atom. The molecule has 1 heterocycles. The van der Waals surface area contributed by atoms with Crippen LogP contribution in [0.5, 0.6) is 0 Å². The molecule has 0 spiro atoms. The first-order chi connectivity index (χ1) is 21.5. The van der Waals surface area contributed by atoms with Gasteiger partial charge in [0.25, 0.3) is 0 Å². The lowest BCUT2D eigenvalue weighted by Crippen LogP contribution is -2.78. The molecule has 0 saturated carbocycles. The highest BCUT2D eigenvalue weighted by Gasteiger charge is 2.40. The average Bonchev–Trinajstić information content (AvgIpc) is 3.22. The molecule has 0 bridgehead atoms. The van der Waals surface area contributed by atoms with Gasteiger partial charge >= 0.3 is 0 Å². The van der Waals surface area contributed by atoms with Gasteiger partial charge in [0.1, 0.15) is 5.69 Å². The predicted octanol–water partition coefficient (Wildman–Crippen LogP) is 10.7. The molecule has 5 rings (SSSR count). The lowest BCUT2D eigenvalue weighted by atomic mass is 9.78. The standard InChI is InChI=1S/C43H54N2/c1-31(2)26-29-44-37-24-22-33-17-12-14-19-35(33)40(37)42(5,6)28-16-10-9-11-21-39-43(7,8)41-36-20-15-13-18-34(36)23-25-38(41)45(39)30-27-32(3)4/h9-25,31-32,44H,26-30H2,1-8H3/p+1/b11-9+,16-10+,39-21+. The number of nitrogens with two attached hydrogens (primary N) is 1. The Morgan fingerprint density at radius 3 is 2.11 bits per heavy atom. The molecule has 0 fully saturated rings. The van der Waals surface area contributed by atoms with Gasteiger partial charge in [-0.15, -0.1) is 0 Å². The molecule has 0 amide bonds. The summed E-state index contributed by atoms with van der Waals surface area (Å²) < 4.78 is 0. The van der Waals surface area contributed by atoms with E-state index >= 15 is 0 Å². The molecule has 45 heavy (non-hydrogen) atoms. The highest BCUT2D eigenvalue weighted by atomic mass is 15.2. The van der Waals surface area contributed by atoms with Crippen LogP contribution in [-0.2, 0) is 10.8 Å². The zero-order chi connectivity index (χ0) is 32.2. The van der Waals surface area contributed by atoms with E-state index in [9.17, 15) is 0 Å². The van der Waals surface area contributed by atoms with Gasteiger partial charge in [0.05, 0.1) is 6.54 Å². The third kappa shape index (κ3) is 7.12. The Morgan fingerprint density at radius 1 is 0.756 bits per heavy atom. The summed E-state index contributed by atoms with van der Waals surface area (Å²) in [7, 11) is 0. The van der Waals surface area contributed by atoms with Crippen molar-refractivity contribution in [2.45, 2.75) is 85.5 Å². The smallest absolute Gasteiger partial charge is 0.133 e. The summed E-state index contributed by atoms with van der Waals surface area (Å²) in [6.45, 7) is 21.0. The van der Waals surface area contributed by atoms with E-state index in [4.69, 9.17) is 0 Å². The molecule has 1 aliphatic rings. The molecule has 0 aromatic heterocycles. The van der Waals surface area contributed by atoms with Gasteiger partial charge in [-0.3, -0.25) is 0 Å². The minimum atomic E-state index is -0.0694. The van der Waals surface area contributed by atoms with Crippen molar-refractivity contribution < 1.29 is 5.32 Å². The third-order valence-electron chi connectivity index (χ3n) is 9.67. The second kappa shape index (κ2) is 13.8. The fourth-order valence-corrected chi connectivity index (χ4v) is 7.20. The van der Waals surface area contributed by atoms with Crippen molar-refractivity contribution in [3.8, 4) is 0 Å². The van der Waals surface area contributed by atoms with Gasteiger partial charge in [0.2, 0.25) is 0 Å². The summed E-state index contributed by atoms with van der Waals surface area (Å²) in [4.78, 5) is 2.58.